The molecule has 2 aromatic carbocycles. The molecule has 1 unspecified atom stereocenters. The van der Waals surface area contributed by atoms with Crippen molar-refractivity contribution in [3.63, 3.8) is 0 Å². The number of rotatable bonds is 5. The summed E-state index contributed by atoms with van der Waals surface area (Å²) in [6.45, 7) is 0.219. The fourth-order valence-electron chi connectivity index (χ4n) is 1.79. The lowest BCUT2D eigenvalue weighted by molar-refractivity contribution is 0.287. The summed E-state index contributed by atoms with van der Waals surface area (Å²) in [5.74, 6) is -0.592. The van der Waals surface area contributed by atoms with Crippen LogP contribution in [0.1, 0.15) is 5.56 Å². The van der Waals surface area contributed by atoms with E-state index in [1.165, 1.54) is 12.1 Å². The molecular formula is C15H14ClF2NO. The molecular weight excluding hydrogens is 284 g/mol. The van der Waals surface area contributed by atoms with Gasteiger partial charge in [-0.1, -0.05) is 23.7 Å². The van der Waals surface area contributed by atoms with E-state index in [0.29, 0.717) is 16.3 Å². The maximum Gasteiger partial charge on any atom is 0.129 e. The van der Waals surface area contributed by atoms with Gasteiger partial charge in [-0.3, -0.25) is 0 Å². The van der Waals surface area contributed by atoms with Crippen LogP contribution in [-0.4, -0.2) is 12.6 Å². The molecule has 0 aliphatic rings. The van der Waals surface area contributed by atoms with Crippen LogP contribution in [0.5, 0.6) is 5.75 Å². The molecule has 0 bridgehead atoms. The Morgan fingerprint density at radius 1 is 1.15 bits per heavy atom. The van der Waals surface area contributed by atoms with Crippen LogP contribution in [0.25, 0.3) is 0 Å². The lowest BCUT2D eigenvalue weighted by atomic mass is 10.1. The molecule has 0 saturated heterocycles. The van der Waals surface area contributed by atoms with Gasteiger partial charge in [0, 0.05) is 17.1 Å². The van der Waals surface area contributed by atoms with Gasteiger partial charge < -0.3 is 10.5 Å². The highest BCUT2D eigenvalue weighted by atomic mass is 35.5. The standard InChI is InChI=1S/C15H14ClF2NO/c16-11-2-1-3-14(7-11)20-9-13(19)6-10-4-5-12(17)8-15(10)18/h1-5,7-8,13H,6,9,19H2. The molecule has 0 fully saturated rings. The van der Waals surface area contributed by atoms with E-state index in [9.17, 15) is 8.78 Å². The second-order valence-electron chi connectivity index (χ2n) is 4.47. The Balaban J connectivity index is 1.90. The van der Waals surface area contributed by atoms with E-state index in [1.54, 1.807) is 24.3 Å². The van der Waals surface area contributed by atoms with Crippen molar-refractivity contribution in [2.45, 2.75) is 12.5 Å². The van der Waals surface area contributed by atoms with Crippen molar-refractivity contribution >= 4 is 11.6 Å². The Labute approximate surface area is 121 Å². The van der Waals surface area contributed by atoms with E-state index in [2.05, 4.69) is 0 Å². The van der Waals surface area contributed by atoms with Gasteiger partial charge in [0.25, 0.3) is 0 Å². The van der Waals surface area contributed by atoms with Crippen molar-refractivity contribution in [3.05, 3.63) is 64.7 Å². The SMILES string of the molecule is NC(COc1cccc(Cl)c1)Cc1ccc(F)cc1F. The molecule has 2 rings (SSSR count). The first-order chi connectivity index (χ1) is 9.54. The number of ether oxygens (including phenoxy) is 1. The number of hydrogen-bond donors (Lipinski definition) is 1. The molecule has 5 heteroatoms. The molecule has 0 saturated carbocycles. The lowest BCUT2D eigenvalue weighted by Crippen LogP contribution is -2.30. The third-order valence-electron chi connectivity index (χ3n) is 2.76. The Bertz CT molecular complexity index is 592. The monoisotopic (exact) mass is 297 g/mol. The van der Waals surface area contributed by atoms with Gasteiger partial charge >= 0.3 is 0 Å². The van der Waals surface area contributed by atoms with Crippen molar-refractivity contribution in [1.82, 2.24) is 0 Å². The first kappa shape index (κ1) is 14.8. The average Bonchev–Trinajstić information content (AvgIpc) is 2.40. The first-order valence-corrected chi connectivity index (χ1v) is 6.50. The molecule has 0 aliphatic heterocycles. The number of halogens is 3. The van der Waals surface area contributed by atoms with Gasteiger partial charge in [-0.05, 0) is 36.2 Å². The van der Waals surface area contributed by atoms with E-state index >= 15 is 0 Å². The highest BCUT2D eigenvalue weighted by Crippen LogP contribution is 2.17. The number of benzene rings is 2. The molecule has 2 nitrogen and oxygen atoms in total. The minimum absolute atomic E-state index is 0.219. The van der Waals surface area contributed by atoms with Crippen molar-refractivity contribution in [2.24, 2.45) is 5.73 Å². The minimum Gasteiger partial charge on any atom is -0.492 e. The lowest BCUT2D eigenvalue weighted by Gasteiger charge is -2.14. The van der Waals surface area contributed by atoms with E-state index in [1.807, 2.05) is 0 Å². The highest BCUT2D eigenvalue weighted by Gasteiger charge is 2.10. The van der Waals surface area contributed by atoms with Crippen molar-refractivity contribution < 1.29 is 13.5 Å². The van der Waals surface area contributed by atoms with E-state index in [4.69, 9.17) is 22.1 Å². The summed E-state index contributed by atoms with van der Waals surface area (Å²) in [4.78, 5) is 0. The van der Waals surface area contributed by atoms with E-state index < -0.39 is 17.7 Å². The molecule has 2 N–H and O–H groups in total. The fraction of sp³-hybridized carbons (Fsp3) is 0.200. The van der Waals surface area contributed by atoms with Gasteiger partial charge in [-0.15, -0.1) is 0 Å². The zero-order valence-corrected chi connectivity index (χ0v) is 11.4. The first-order valence-electron chi connectivity index (χ1n) is 6.12. The predicted octanol–water partition coefficient (Wildman–Crippen LogP) is 3.57. The van der Waals surface area contributed by atoms with Crippen LogP contribution < -0.4 is 10.5 Å². The van der Waals surface area contributed by atoms with Crippen molar-refractivity contribution in [1.29, 1.82) is 0 Å². The number of nitrogens with two attached hydrogens (primary N) is 1. The van der Waals surface area contributed by atoms with Gasteiger partial charge in [0.1, 0.15) is 24.0 Å². The molecule has 2 aromatic rings. The Kier molecular flexibility index (Phi) is 4.93. The minimum atomic E-state index is -0.602. The van der Waals surface area contributed by atoms with Crippen LogP contribution in [0.15, 0.2) is 42.5 Å². The molecule has 1 atom stereocenters. The van der Waals surface area contributed by atoms with Gasteiger partial charge in [0.15, 0.2) is 0 Å². The van der Waals surface area contributed by atoms with E-state index in [-0.39, 0.29) is 13.0 Å². The van der Waals surface area contributed by atoms with E-state index in [0.717, 1.165) is 6.07 Å². The maximum absolute atomic E-state index is 13.5. The van der Waals surface area contributed by atoms with Crippen LogP contribution in [-0.2, 0) is 6.42 Å². The summed E-state index contributed by atoms with van der Waals surface area (Å²) in [6, 6.07) is 10.00. The van der Waals surface area contributed by atoms with Crippen LogP contribution in [0.2, 0.25) is 5.02 Å². The largest absolute Gasteiger partial charge is 0.492 e. The third-order valence-corrected chi connectivity index (χ3v) is 2.99. The summed E-state index contributed by atoms with van der Waals surface area (Å²) >= 11 is 5.83. The molecule has 0 spiro atoms. The fourth-order valence-corrected chi connectivity index (χ4v) is 1.97. The summed E-state index contributed by atoms with van der Waals surface area (Å²) in [5.41, 5.74) is 6.25. The summed E-state index contributed by atoms with van der Waals surface area (Å²) in [5, 5.41) is 0.570. The normalized spacial score (nSPS) is 12.2. The van der Waals surface area contributed by atoms with Crippen LogP contribution in [0.3, 0.4) is 0 Å². The van der Waals surface area contributed by atoms with Crippen LogP contribution >= 0.6 is 11.6 Å². The van der Waals surface area contributed by atoms with Crippen molar-refractivity contribution in [3.8, 4) is 5.75 Å². The topological polar surface area (TPSA) is 35.2 Å². The second kappa shape index (κ2) is 6.68. The third kappa shape index (κ3) is 4.18. The Morgan fingerprint density at radius 2 is 1.95 bits per heavy atom. The quantitative estimate of drug-likeness (QED) is 0.916. The summed E-state index contributed by atoms with van der Waals surface area (Å²) in [7, 11) is 0. The molecule has 0 aromatic heterocycles. The zero-order chi connectivity index (χ0) is 14.5. The average molecular weight is 298 g/mol. The van der Waals surface area contributed by atoms with Crippen LogP contribution in [0, 0.1) is 11.6 Å². The molecule has 0 aliphatic carbocycles. The zero-order valence-electron chi connectivity index (χ0n) is 10.7. The second-order valence-corrected chi connectivity index (χ2v) is 4.90. The maximum atomic E-state index is 13.5. The Morgan fingerprint density at radius 3 is 2.65 bits per heavy atom. The molecule has 106 valence electrons. The van der Waals surface area contributed by atoms with Gasteiger partial charge in [-0.2, -0.15) is 0 Å². The molecule has 0 heterocycles. The smallest absolute Gasteiger partial charge is 0.129 e. The van der Waals surface area contributed by atoms with Crippen LogP contribution in [0.4, 0.5) is 8.78 Å². The summed E-state index contributed by atoms with van der Waals surface area (Å²) < 4.78 is 31.7. The van der Waals surface area contributed by atoms with Crippen molar-refractivity contribution in [2.75, 3.05) is 6.61 Å². The van der Waals surface area contributed by atoms with Gasteiger partial charge in [0.2, 0.25) is 0 Å². The Hall–Kier alpha value is -1.65. The number of hydrogen-bond acceptors (Lipinski definition) is 2. The van der Waals surface area contributed by atoms with Gasteiger partial charge in [0.05, 0.1) is 0 Å². The highest BCUT2D eigenvalue weighted by molar-refractivity contribution is 6.30. The summed E-state index contributed by atoms with van der Waals surface area (Å²) in [6.07, 6.45) is 0.271. The predicted molar refractivity (Wildman–Crippen MR) is 75.0 cm³/mol. The molecule has 20 heavy (non-hydrogen) atoms. The molecule has 0 radical (unpaired) electrons. The molecule has 0 amide bonds. The van der Waals surface area contributed by atoms with Gasteiger partial charge in [-0.25, -0.2) is 8.78 Å².